The molecule has 3 aliphatic rings. The molecule has 6 radical (unpaired) electrons. The average Bonchev–Trinajstić information content (AvgIpc) is 4.06. The first kappa shape index (κ1) is 54.1. The van der Waals surface area contributed by atoms with Crippen LogP contribution < -0.4 is 10.7 Å². The van der Waals surface area contributed by atoms with Gasteiger partial charge in [-0.2, -0.15) is 0 Å². The highest BCUT2D eigenvalue weighted by atomic mass is 28.1. The number of hydrogen-bond donors (Lipinski definition) is 2. The molecule has 382 valence electrons. The second kappa shape index (κ2) is 21.1. The maximum absolute atomic E-state index is 14.8. The van der Waals surface area contributed by atoms with Crippen LogP contribution in [-0.2, 0) is 52.8 Å². The summed E-state index contributed by atoms with van der Waals surface area (Å²) in [5.74, 6) is 3.50. The van der Waals surface area contributed by atoms with E-state index in [1.165, 1.54) is 14.8 Å². The topological polar surface area (TPSA) is 185 Å². The molecule has 6 bridgehead atoms. The predicted octanol–water partition coefficient (Wildman–Crippen LogP) is 4.62. The van der Waals surface area contributed by atoms with Crippen LogP contribution in [0.1, 0.15) is 97.9 Å². The summed E-state index contributed by atoms with van der Waals surface area (Å²) < 4.78 is 20.7. The maximum Gasteiger partial charge on any atom is 0.323 e. The minimum atomic E-state index is -1.47. The van der Waals surface area contributed by atoms with Gasteiger partial charge in [-0.1, -0.05) is 33.6 Å². The van der Waals surface area contributed by atoms with Crippen LogP contribution >= 0.6 is 0 Å². The van der Waals surface area contributed by atoms with Crippen LogP contribution in [0.15, 0.2) is 47.1 Å². The smallest absolute Gasteiger partial charge is 0.323 e. The number of rotatable bonds is 10. The third-order valence-corrected chi connectivity index (χ3v) is 15.7. The highest BCUT2D eigenvalue weighted by molar-refractivity contribution is 6.29. The third kappa shape index (κ3) is 11.0. The van der Waals surface area contributed by atoms with E-state index in [0.717, 1.165) is 39.0 Å². The van der Waals surface area contributed by atoms with Gasteiger partial charge in [0, 0.05) is 84.2 Å². The number of cyclic esters (lactones) is 1. The molecule has 2 saturated heterocycles. The average molecular weight is 1020 g/mol. The molecule has 1 aromatic carbocycles. The van der Waals surface area contributed by atoms with E-state index < -0.39 is 68.8 Å². The number of esters is 1. The van der Waals surface area contributed by atoms with Crippen LogP contribution in [0.3, 0.4) is 0 Å². The first-order valence-electron chi connectivity index (χ1n) is 24.8. The number of likely N-dealkylation sites (N-methyl/N-ethyl adjacent to an activating group) is 1. The van der Waals surface area contributed by atoms with E-state index in [4.69, 9.17) is 18.9 Å². The minimum absolute atomic E-state index is 0.0522. The molecule has 0 aliphatic carbocycles. The number of pyridine rings is 1. The highest BCUT2D eigenvalue weighted by Crippen LogP contribution is 2.42. The summed E-state index contributed by atoms with van der Waals surface area (Å²) in [5, 5.41) is 2.61. The normalized spacial score (nSPS) is 22.5. The summed E-state index contributed by atoms with van der Waals surface area (Å²) in [5.41, 5.74) is 7.49. The van der Waals surface area contributed by atoms with Crippen LogP contribution in [0, 0.1) is 23.2 Å². The molecular formula is C53H69N9O8Si2. The fourth-order valence-corrected chi connectivity index (χ4v) is 10.7. The molecule has 5 atom stereocenters. The van der Waals surface area contributed by atoms with Gasteiger partial charge in [0.25, 0.3) is 11.8 Å². The quantitative estimate of drug-likeness (QED) is 0.128. The first-order valence-corrected chi connectivity index (χ1v) is 25.8. The van der Waals surface area contributed by atoms with Crippen molar-refractivity contribution in [3.63, 3.8) is 0 Å². The molecule has 0 saturated carbocycles. The van der Waals surface area contributed by atoms with Crippen molar-refractivity contribution in [3.8, 4) is 34.4 Å². The lowest BCUT2D eigenvalue weighted by molar-refractivity contribution is -0.158. The second-order valence-corrected chi connectivity index (χ2v) is 23.2. The number of aryl methyl sites for hydroxylation is 1. The molecule has 6 heterocycles. The van der Waals surface area contributed by atoms with Gasteiger partial charge in [-0.25, -0.2) is 10.4 Å². The summed E-state index contributed by atoms with van der Waals surface area (Å²) in [7, 11) is 14.4. The molecule has 4 amide bonds. The summed E-state index contributed by atoms with van der Waals surface area (Å²) in [6.07, 6.45) is 4.49. The van der Waals surface area contributed by atoms with Crippen molar-refractivity contribution in [3.05, 3.63) is 59.9 Å². The van der Waals surface area contributed by atoms with Gasteiger partial charge in [0.2, 0.25) is 11.8 Å². The van der Waals surface area contributed by atoms with Gasteiger partial charge in [-0.05, 0) is 115 Å². The van der Waals surface area contributed by atoms with E-state index in [1.54, 1.807) is 26.6 Å². The Kier molecular flexibility index (Phi) is 15.8. The van der Waals surface area contributed by atoms with Crippen molar-refractivity contribution >= 4 is 61.0 Å². The van der Waals surface area contributed by atoms with E-state index in [-0.39, 0.29) is 44.7 Å². The van der Waals surface area contributed by atoms with Gasteiger partial charge in [0.1, 0.15) is 17.2 Å². The van der Waals surface area contributed by atoms with E-state index in [0.29, 0.717) is 38.0 Å². The fraction of sp³-hybridized carbons (Fsp3) is 0.566. The molecule has 3 aliphatic heterocycles. The molecule has 17 nitrogen and oxygen atoms in total. The molecule has 4 aromatic rings. The number of aromatic nitrogens is 3. The van der Waals surface area contributed by atoms with Gasteiger partial charge in [0.15, 0.2) is 11.7 Å². The Hall–Kier alpha value is -5.66. The van der Waals surface area contributed by atoms with E-state index in [1.807, 2.05) is 65.7 Å². The maximum atomic E-state index is 14.8. The molecule has 0 spiro atoms. The lowest BCUT2D eigenvalue weighted by atomic mass is 9.84. The van der Waals surface area contributed by atoms with Crippen LogP contribution in [-0.4, -0.2) is 162 Å². The van der Waals surface area contributed by atoms with E-state index in [9.17, 15) is 24.0 Å². The van der Waals surface area contributed by atoms with Crippen molar-refractivity contribution < 1.29 is 37.9 Å². The number of benzene rings is 1. The summed E-state index contributed by atoms with van der Waals surface area (Å²) in [6.45, 7) is 16.9. The molecular weight excluding hydrogens is 947 g/mol. The number of amides is 4. The minimum Gasteiger partial charge on any atom is -0.464 e. The number of methoxy groups -OCH3 is 1. The molecule has 19 heteroatoms. The van der Waals surface area contributed by atoms with Gasteiger partial charge in [0.05, 0.1) is 57.5 Å². The number of nitrogens with one attached hydrogen (secondary N) is 2. The zero-order valence-electron chi connectivity index (χ0n) is 43.8. The Balaban J connectivity index is 1.24. The van der Waals surface area contributed by atoms with Gasteiger partial charge >= 0.3 is 5.97 Å². The van der Waals surface area contributed by atoms with Crippen LogP contribution in [0.2, 0.25) is 5.04 Å². The lowest BCUT2D eigenvalue weighted by Crippen LogP contribution is -2.67. The molecule has 1 unspecified atom stereocenters. The summed E-state index contributed by atoms with van der Waals surface area (Å²) in [4.78, 5) is 85.7. The Morgan fingerprint density at radius 3 is 2.49 bits per heavy atom. The van der Waals surface area contributed by atoms with Crippen molar-refractivity contribution in [1.82, 2.24) is 45.0 Å². The number of carbonyl (C=O) groups is 5. The molecule has 72 heavy (non-hydrogen) atoms. The SMILES string of the molecule is CCn1c(-c2cccnc2[C@H](C)OC)c2c3cc(ccc31)-c1cnc(o1)C[C@H](NC(=O)[C@H](C(C)C)N(C)C(=O)C1([Si])CCN(C(=O)C#CC(C)(C)N(C)C)C1)C(=O)N1CCC[C@@]([Si])(N1)C(=O)OCC(C)(C)C2. The lowest BCUT2D eigenvalue weighted by Gasteiger charge is -2.41. The molecule has 2 N–H and O–H groups in total. The van der Waals surface area contributed by atoms with Crippen LogP contribution in [0.5, 0.6) is 0 Å². The number of oxazole rings is 1. The molecule has 2 fully saturated rings. The Morgan fingerprint density at radius 1 is 1.07 bits per heavy atom. The Labute approximate surface area is 430 Å². The zero-order chi connectivity index (χ0) is 52.7. The standard InChI is InChI=1S/C53H69N9O8Si2/c1-13-61-39-18-17-34-26-36(39)37(45(61)35-16-14-23-54-43(35)33(4)68-12)28-50(5,6)31-69-49(67)53(72)20-15-24-62(57-53)47(65)38(27-41-55-29-40(34)70-41)56-46(64)44(32(2)3)59(11)48(66)52(71)22-25-60(30-52)42(63)19-21-51(7,8)58(9)10/h14,16-18,23,26,29,32-33,38,44,57H,13,15,20,22,24-25,27-28,30-31H2,1-12H3,(H,56,64)/t33-,38-,44-,52?,53-/m0/s1. The first-order chi connectivity index (χ1) is 33.8. The van der Waals surface area contributed by atoms with Crippen molar-refractivity contribution in [2.24, 2.45) is 11.3 Å². The Morgan fingerprint density at radius 2 is 1.81 bits per heavy atom. The van der Waals surface area contributed by atoms with Gasteiger partial charge in [-0.3, -0.25) is 38.9 Å². The van der Waals surface area contributed by atoms with Gasteiger partial charge in [-0.15, -0.1) is 0 Å². The van der Waals surface area contributed by atoms with Crippen molar-refractivity contribution in [1.29, 1.82) is 0 Å². The number of hydrazine groups is 1. The number of nitrogens with zero attached hydrogens (tertiary/aromatic N) is 7. The third-order valence-electron chi connectivity index (χ3n) is 14.5. The number of carbonyl (C=O) groups excluding carboxylic acids is 5. The second-order valence-electron chi connectivity index (χ2n) is 21.4. The molecule has 7 rings (SSSR count). The van der Waals surface area contributed by atoms with Crippen LogP contribution in [0.4, 0.5) is 0 Å². The molecule has 3 aromatic heterocycles. The fourth-order valence-electron chi connectivity index (χ4n) is 9.82. The number of fused-ring (bicyclic) bond motifs is 6. The largest absolute Gasteiger partial charge is 0.464 e. The van der Waals surface area contributed by atoms with Crippen LogP contribution in [0.25, 0.3) is 33.5 Å². The Bertz CT molecular complexity index is 2790. The van der Waals surface area contributed by atoms with Crippen molar-refractivity contribution in [2.75, 3.05) is 54.5 Å². The van der Waals surface area contributed by atoms with E-state index in [2.05, 4.69) is 91.6 Å². The monoisotopic (exact) mass is 1020 g/mol. The summed E-state index contributed by atoms with van der Waals surface area (Å²) in [6, 6.07) is 7.82. The highest BCUT2D eigenvalue weighted by Gasteiger charge is 2.47. The van der Waals surface area contributed by atoms with Gasteiger partial charge < -0.3 is 33.6 Å². The van der Waals surface area contributed by atoms with E-state index >= 15 is 0 Å². The number of hydrogen-bond acceptors (Lipinski definition) is 12. The number of ether oxygens (including phenoxy) is 2. The number of likely N-dealkylation sites (tertiary alicyclic amines) is 1. The summed E-state index contributed by atoms with van der Waals surface area (Å²) >= 11 is 0. The zero-order valence-corrected chi connectivity index (χ0v) is 45.8. The van der Waals surface area contributed by atoms with Crippen molar-refractivity contribution in [2.45, 2.75) is 128 Å². The predicted molar refractivity (Wildman–Crippen MR) is 275 cm³/mol.